The lowest BCUT2D eigenvalue weighted by atomic mass is 10.1. The third-order valence-corrected chi connectivity index (χ3v) is 22.5. The average molecular weight is 1570 g/mol. The quantitative estimate of drug-likeness (QED) is 0.0223. The molecule has 0 radical (unpaired) electrons. The molecule has 113 heavy (non-hydrogen) atoms. The molecule has 13 rings (SSSR count). The summed E-state index contributed by atoms with van der Waals surface area (Å²) in [6.45, 7) is 8.99. The predicted molar refractivity (Wildman–Crippen MR) is 433 cm³/mol. The molecule has 28 nitrogen and oxygen atoms in total. The molecule has 0 unspecified atom stereocenters. The van der Waals surface area contributed by atoms with Crippen LogP contribution in [0.5, 0.6) is 34.5 Å². The monoisotopic (exact) mass is 1570 g/mol. The van der Waals surface area contributed by atoms with Crippen molar-refractivity contribution in [2.75, 3.05) is 109 Å². The van der Waals surface area contributed by atoms with E-state index in [1.807, 2.05) is 74.7 Å². The van der Waals surface area contributed by atoms with Crippen LogP contribution in [-0.4, -0.2) is 221 Å². The number of benzene rings is 3. The summed E-state index contributed by atoms with van der Waals surface area (Å²) in [4.78, 5) is 75.2. The minimum Gasteiger partial charge on any atom is -0.496 e. The zero-order valence-electron chi connectivity index (χ0n) is 68.7. The van der Waals surface area contributed by atoms with Gasteiger partial charge in [-0.1, -0.05) is 83.4 Å². The van der Waals surface area contributed by atoms with Gasteiger partial charge in [-0.3, -0.25) is 47.5 Å². The van der Waals surface area contributed by atoms with Crippen LogP contribution in [0.2, 0.25) is 0 Å². The van der Waals surface area contributed by atoms with Gasteiger partial charge < -0.3 is 69.9 Å². The molecule has 7 aromatic rings. The summed E-state index contributed by atoms with van der Waals surface area (Å²) < 4.78 is 55.1. The number of hydrogen-bond acceptors (Lipinski definition) is 19. The number of aliphatic carboxylic acids is 1. The van der Waals surface area contributed by atoms with Crippen molar-refractivity contribution in [3.8, 4) is 68.3 Å². The lowest BCUT2D eigenvalue weighted by Crippen LogP contribution is -2.41. The molecule has 0 spiro atoms. The Kier molecular flexibility index (Phi) is 34.0. The number of carbonyl (C=O) groups excluding carboxylic acids is 4. The Morgan fingerprint density at radius 2 is 0.770 bits per heavy atom. The van der Waals surface area contributed by atoms with Crippen molar-refractivity contribution in [2.24, 2.45) is 5.73 Å². The zero-order chi connectivity index (χ0) is 81.3. The summed E-state index contributed by atoms with van der Waals surface area (Å²) in [7, 11) is 11.5. The van der Waals surface area contributed by atoms with Gasteiger partial charge in [0.25, 0.3) is 17.7 Å². The molecule has 3 saturated heterocycles. The highest BCUT2D eigenvalue weighted by Gasteiger charge is 2.33. The van der Waals surface area contributed by atoms with Gasteiger partial charge in [0.15, 0.2) is 17.1 Å². The Balaban J connectivity index is 0.000000192. The second-order valence-corrected chi connectivity index (χ2v) is 30.0. The van der Waals surface area contributed by atoms with Gasteiger partial charge in [0, 0.05) is 52.0 Å². The third-order valence-electron chi connectivity index (χ3n) is 22.5. The van der Waals surface area contributed by atoms with Crippen molar-refractivity contribution < 1.29 is 63.3 Å². The van der Waals surface area contributed by atoms with E-state index in [1.165, 1.54) is 71.5 Å². The van der Waals surface area contributed by atoms with Crippen LogP contribution in [-0.2, 0) is 16.0 Å². The van der Waals surface area contributed by atoms with E-state index in [2.05, 4.69) is 45.8 Å². The van der Waals surface area contributed by atoms with Gasteiger partial charge in [-0.25, -0.2) is 4.98 Å². The van der Waals surface area contributed by atoms with Gasteiger partial charge in [-0.05, 0) is 190 Å². The topological polar surface area (TPSA) is 328 Å². The van der Waals surface area contributed by atoms with E-state index in [1.54, 1.807) is 54.8 Å². The number of alkyl halides is 1. The Bertz CT molecular complexity index is 3870. The number of aromatic amines is 1. The van der Waals surface area contributed by atoms with Crippen LogP contribution in [0.1, 0.15) is 231 Å². The molecule has 4 aromatic heterocycles. The molecule has 7 heterocycles. The highest BCUT2D eigenvalue weighted by molar-refractivity contribution is 5.96. The molecular formula is C84H123FN16O12. The fourth-order valence-electron chi connectivity index (χ4n) is 16.7. The first-order valence-electron chi connectivity index (χ1n) is 41.4. The number of carbonyl (C=O) groups is 5. The van der Waals surface area contributed by atoms with Gasteiger partial charge in [-0.15, -0.1) is 0 Å². The number of nitrogens with zero attached hydrogens (tertiary/aromatic N) is 11. The fourth-order valence-corrected chi connectivity index (χ4v) is 16.7. The maximum Gasteiger partial charge on any atom is 0.305 e. The SMILES string of the molecule is CF.COc1cccc(OC)c1-c1cc(C(=O)N[C@@H](CCN2CCCCC2)CC(=O)O)nn1C1CCCC1.COc1cccc(OC)c1-c1cc(C(=O)N[C@@H](CCN2CCCCC2)CC(N)=O)nn1C1CCCC1.COc1cccc(OC)c1-c1cc(C(=O)N[C@@H](CCN2CCCCC2)Cc2ncn[nH]2)nn1C1CCCC1.[2H]C. The van der Waals surface area contributed by atoms with Crippen LogP contribution >= 0.6 is 0 Å². The Morgan fingerprint density at radius 1 is 0.478 bits per heavy atom. The maximum absolute atomic E-state index is 13.6. The summed E-state index contributed by atoms with van der Waals surface area (Å²) >= 11 is 0. The number of rotatable bonds is 33. The normalized spacial score (nSPS) is 17.2. The smallest absolute Gasteiger partial charge is 0.305 e. The number of halogens is 1. The molecule has 4 amide bonds. The second-order valence-electron chi connectivity index (χ2n) is 30.0. The van der Waals surface area contributed by atoms with E-state index in [4.69, 9.17) is 50.8 Å². The molecule has 6 aliphatic rings. The standard InChI is InChI=1S/C28H39N7O3.C27H39N5O4.C27H38N4O5.CH3F.CH4/c1-37-24-11-8-12-25(38-2)27(24)23-18-22(33-35(23)21-9-4-5-10-21)28(36)31-20(17-26-29-19-30-32-26)13-16-34-14-6-3-7-15-34;1-35-23-11-8-12-24(36-2)26(23)22-18-21(30-32(22)20-9-4-5-10-20)27(34)29-19(17-25(28)33)13-16-31-14-6-3-7-15-31;1-35-23-11-8-12-24(36-2)26(23)22-18-21(29-31(22)20-9-4-5-10-20)27(34)28-19(17-25(32)33)13-16-30-14-6-3-7-15-30;1-2;/h8,11-12,18-21H,3-7,9-10,13-17H2,1-2H3,(H,31,36)(H,29,30,32);8,11-12,18-20H,3-7,9-10,13-17H2,1-2H3,(H2,28,33)(H,29,34);8,11-12,18-20H,3-7,9-10,13-17H2,1-2H3,(H,28,34)(H,32,33);1H3;1H4/t20-;2*19-;;/m000../s1/i;;;;1D. The van der Waals surface area contributed by atoms with Crippen LogP contribution < -0.4 is 50.1 Å². The fraction of sp³-hybridized carbons (Fsp3) is 0.595. The number of carboxylic acid groups (broad SMARTS) is 1. The third kappa shape index (κ3) is 24.0. The first-order chi connectivity index (χ1) is 55.6. The molecule has 3 aliphatic heterocycles. The highest BCUT2D eigenvalue weighted by atomic mass is 19.1. The minimum absolute atomic E-state index is 0.0849. The predicted octanol–water partition coefficient (Wildman–Crippen LogP) is 12.9. The number of H-pyrrole nitrogens is 1. The van der Waals surface area contributed by atoms with Crippen LogP contribution in [0.25, 0.3) is 33.8 Å². The molecular weight excluding hydrogens is 1440 g/mol. The molecule has 3 atom stereocenters. The van der Waals surface area contributed by atoms with Gasteiger partial charge in [-0.2, -0.15) is 20.4 Å². The van der Waals surface area contributed by atoms with Crippen molar-refractivity contribution in [3.05, 3.63) is 102 Å². The number of methoxy groups -OCH3 is 6. The summed E-state index contributed by atoms with van der Waals surface area (Å²) in [6.07, 6.45) is 28.1. The summed E-state index contributed by atoms with van der Waals surface area (Å²) in [5.74, 6) is 2.59. The number of nitrogens with two attached hydrogens (primary N) is 1. The van der Waals surface area contributed by atoms with Crippen LogP contribution in [0.3, 0.4) is 0 Å². The molecule has 3 aliphatic carbocycles. The number of piperidine rings is 3. The number of amides is 4. The maximum atomic E-state index is 13.6. The van der Waals surface area contributed by atoms with E-state index in [0.29, 0.717) is 72.3 Å². The number of carboxylic acids is 1. The number of nitrogens with one attached hydrogen (secondary N) is 4. The van der Waals surface area contributed by atoms with E-state index in [9.17, 15) is 33.5 Å². The summed E-state index contributed by atoms with van der Waals surface area (Å²) in [5, 5.41) is 40.0. The van der Waals surface area contributed by atoms with E-state index in [-0.39, 0.29) is 66.5 Å². The Labute approximate surface area is 666 Å². The molecule has 6 fully saturated rings. The van der Waals surface area contributed by atoms with E-state index in [0.717, 1.165) is 182 Å². The number of hydrogen-bond donors (Lipinski definition) is 6. The largest absolute Gasteiger partial charge is 0.496 e. The number of ether oxygens (including phenoxy) is 6. The van der Waals surface area contributed by atoms with Crippen LogP contribution in [0.15, 0.2) is 79.1 Å². The van der Waals surface area contributed by atoms with Crippen LogP contribution in [0, 0.1) is 0 Å². The molecule has 3 aromatic carbocycles. The highest BCUT2D eigenvalue weighted by Crippen LogP contribution is 2.45. The lowest BCUT2D eigenvalue weighted by Gasteiger charge is -2.28. The van der Waals surface area contributed by atoms with Crippen molar-refractivity contribution in [1.82, 2.24) is 75.2 Å². The lowest BCUT2D eigenvalue weighted by molar-refractivity contribution is -0.137. The van der Waals surface area contributed by atoms with Gasteiger partial charge >= 0.3 is 5.97 Å². The van der Waals surface area contributed by atoms with E-state index < -0.39 is 17.9 Å². The summed E-state index contributed by atoms with van der Waals surface area (Å²) in [6, 6.07) is 22.2. The molecule has 3 saturated carbocycles. The van der Waals surface area contributed by atoms with Crippen molar-refractivity contribution in [2.45, 2.75) is 217 Å². The zero-order valence-corrected chi connectivity index (χ0v) is 67.7. The second kappa shape index (κ2) is 44.7. The van der Waals surface area contributed by atoms with Gasteiger partial charge in [0.2, 0.25) is 5.91 Å². The number of likely N-dealkylation sites (tertiary alicyclic amines) is 3. The Hall–Kier alpha value is -9.61. The van der Waals surface area contributed by atoms with Crippen LogP contribution in [0.4, 0.5) is 4.39 Å². The molecule has 0 bridgehead atoms. The van der Waals surface area contributed by atoms with E-state index >= 15 is 0 Å². The van der Waals surface area contributed by atoms with Crippen molar-refractivity contribution >= 4 is 29.6 Å². The average Bonchev–Trinajstić information content (AvgIpc) is 1.67. The summed E-state index contributed by atoms with van der Waals surface area (Å²) in [5.41, 5.74) is 11.3. The first-order valence-corrected chi connectivity index (χ1v) is 40.4. The first kappa shape index (κ1) is 85.8. The molecule has 7 N–H and O–H groups in total. The Morgan fingerprint density at radius 3 is 1.04 bits per heavy atom. The number of aromatic nitrogens is 9. The van der Waals surface area contributed by atoms with Gasteiger partial charge in [0.05, 0.1) is 108 Å². The van der Waals surface area contributed by atoms with Crippen molar-refractivity contribution in [3.63, 3.8) is 0 Å². The van der Waals surface area contributed by atoms with Gasteiger partial charge in [0.1, 0.15) is 46.6 Å². The van der Waals surface area contributed by atoms with Crippen molar-refractivity contribution in [1.29, 1.82) is 0 Å². The molecule has 29 heteroatoms. The minimum atomic E-state index is -0.921. The molecule has 618 valence electrons. The number of primary amides is 1.